The number of allylic oxidation sites excluding steroid dienone is 1. The first kappa shape index (κ1) is 19.9. The number of fused-ring (bicyclic) bond motifs is 3. The fourth-order valence-corrected chi connectivity index (χ4v) is 9.16. The van der Waals surface area contributed by atoms with Crippen molar-refractivity contribution in [2.45, 2.75) is 95.3 Å². The average molecular weight is 391 g/mol. The van der Waals surface area contributed by atoms with Gasteiger partial charge in [-0.2, -0.15) is 0 Å². The highest BCUT2D eigenvalue weighted by Gasteiger charge is 2.60. The lowest BCUT2D eigenvalue weighted by molar-refractivity contribution is 0.0602. The Balaban J connectivity index is 1.65. The zero-order valence-electron chi connectivity index (χ0n) is 18.5. The topological polar surface area (TPSA) is 0 Å². The van der Waals surface area contributed by atoms with Crippen LogP contribution in [0.4, 0.5) is 0 Å². The molecule has 0 N–H and O–H groups in total. The molecule has 0 spiro atoms. The fourth-order valence-electron chi connectivity index (χ4n) is 9.16. The maximum absolute atomic E-state index is 4.17. The van der Waals surface area contributed by atoms with Crippen molar-refractivity contribution in [3.05, 3.63) is 48.6 Å². The quantitative estimate of drug-likeness (QED) is 0.428. The van der Waals surface area contributed by atoms with Crippen molar-refractivity contribution in [3.63, 3.8) is 0 Å². The van der Waals surface area contributed by atoms with Crippen molar-refractivity contribution in [2.24, 2.45) is 35.5 Å². The van der Waals surface area contributed by atoms with Gasteiger partial charge < -0.3 is 0 Å². The van der Waals surface area contributed by atoms with E-state index in [-0.39, 0.29) is 0 Å². The highest BCUT2D eigenvalue weighted by Crippen LogP contribution is 2.66. The van der Waals surface area contributed by atoms with E-state index in [1.807, 2.05) is 0 Å². The van der Waals surface area contributed by atoms with Crippen LogP contribution in [0.25, 0.3) is 0 Å². The van der Waals surface area contributed by atoms with Gasteiger partial charge in [-0.25, -0.2) is 0 Å². The van der Waals surface area contributed by atoms with Crippen LogP contribution in [0.2, 0.25) is 0 Å². The summed E-state index contributed by atoms with van der Waals surface area (Å²) in [5.41, 5.74) is 2.11. The third kappa shape index (κ3) is 3.34. The summed E-state index contributed by atoms with van der Waals surface area (Å²) in [6, 6.07) is 11.9. The predicted molar refractivity (Wildman–Crippen MR) is 124 cm³/mol. The van der Waals surface area contributed by atoms with Gasteiger partial charge in [0.15, 0.2) is 0 Å². The monoisotopic (exact) mass is 390 g/mol. The third-order valence-corrected chi connectivity index (χ3v) is 9.97. The summed E-state index contributed by atoms with van der Waals surface area (Å²) in [5, 5.41) is 0. The van der Waals surface area contributed by atoms with Crippen LogP contribution in [0.15, 0.2) is 43.0 Å². The Morgan fingerprint density at radius 3 is 1.79 bits per heavy atom. The van der Waals surface area contributed by atoms with Crippen LogP contribution in [0, 0.1) is 35.5 Å². The van der Waals surface area contributed by atoms with Gasteiger partial charge >= 0.3 is 0 Å². The summed E-state index contributed by atoms with van der Waals surface area (Å²) < 4.78 is 0. The molecular formula is C29H42. The zero-order chi connectivity index (χ0) is 19.7. The molecule has 0 aliphatic heterocycles. The van der Waals surface area contributed by atoms with Gasteiger partial charge in [0.25, 0.3) is 0 Å². The van der Waals surface area contributed by atoms with Crippen molar-refractivity contribution in [2.75, 3.05) is 0 Å². The second kappa shape index (κ2) is 8.60. The second-order valence-electron chi connectivity index (χ2n) is 11.0. The molecule has 0 radical (unpaired) electrons. The Labute approximate surface area is 179 Å². The van der Waals surface area contributed by atoms with Gasteiger partial charge in [0.2, 0.25) is 0 Å². The largest absolute Gasteiger partial charge is 0.103 e. The Hall–Kier alpha value is -1.04. The van der Waals surface area contributed by atoms with E-state index in [2.05, 4.69) is 43.0 Å². The lowest BCUT2D eigenvalue weighted by Crippen LogP contribution is -2.47. The molecule has 4 aliphatic carbocycles. The van der Waals surface area contributed by atoms with E-state index in [9.17, 15) is 0 Å². The molecule has 4 saturated carbocycles. The van der Waals surface area contributed by atoms with Crippen LogP contribution in [-0.2, 0) is 5.41 Å². The molecule has 0 heteroatoms. The van der Waals surface area contributed by atoms with Crippen molar-refractivity contribution >= 4 is 0 Å². The van der Waals surface area contributed by atoms with Crippen LogP contribution in [0.5, 0.6) is 0 Å². The SMILES string of the molecule is C=CCC[C@](c1ccccc1)(C1CCCC1)C1[C@H]2CCCC[C@H]2[C@H]2CCCC[C@@H]12. The van der Waals surface area contributed by atoms with E-state index in [1.54, 1.807) is 18.4 Å². The lowest BCUT2D eigenvalue weighted by Gasteiger charge is -2.51. The van der Waals surface area contributed by atoms with Gasteiger partial charge in [0.1, 0.15) is 0 Å². The maximum atomic E-state index is 4.17. The van der Waals surface area contributed by atoms with E-state index in [1.165, 1.54) is 77.0 Å². The molecule has 0 nitrogen and oxygen atoms in total. The molecule has 0 amide bonds. The molecule has 0 bridgehead atoms. The molecule has 0 saturated heterocycles. The van der Waals surface area contributed by atoms with Crippen LogP contribution in [0.1, 0.15) is 95.5 Å². The second-order valence-corrected chi connectivity index (χ2v) is 11.0. The van der Waals surface area contributed by atoms with Gasteiger partial charge in [-0.3, -0.25) is 0 Å². The average Bonchev–Trinajstić information content (AvgIpc) is 3.43. The molecule has 158 valence electrons. The number of benzene rings is 1. The Bertz CT molecular complexity index is 647. The molecule has 1 aromatic carbocycles. The zero-order valence-corrected chi connectivity index (χ0v) is 18.5. The first-order chi connectivity index (χ1) is 14.4. The van der Waals surface area contributed by atoms with E-state index in [4.69, 9.17) is 0 Å². The molecular weight excluding hydrogens is 348 g/mol. The number of hydrogen-bond acceptors (Lipinski definition) is 0. The van der Waals surface area contributed by atoms with Crippen LogP contribution >= 0.6 is 0 Å². The van der Waals surface area contributed by atoms with Crippen LogP contribution < -0.4 is 0 Å². The van der Waals surface area contributed by atoms with Crippen molar-refractivity contribution in [1.29, 1.82) is 0 Å². The minimum atomic E-state index is 0.406. The molecule has 1 aromatic rings. The minimum Gasteiger partial charge on any atom is -0.103 e. The molecule has 4 fully saturated rings. The standard InChI is InChI=1S/C29H42/c1-2-3-21-29(23-15-7-8-16-23,22-13-5-4-6-14-22)28-26-19-11-9-17-24(26)25-18-10-12-20-27(25)28/h2,4-6,13-14,23-28H,1,3,7-12,15-21H2/t24-,25+,26-,27+,28?,29-/m0/s1. The van der Waals surface area contributed by atoms with E-state index in [0.29, 0.717) is 5.41 Å². The summed E-state index contributed by atoms with van der Waals surface area (Å²) >= 11 is 0. The number of hydrogen-bond donors (Lipinski definition) is 0. The van der Waals surface area contributed by atoms with Crippen LogP contribution in [-0.4, -0.2) is 0 Å². The lowest BCUT2D eigenvalue weighted by atomic mass is 9.53. The van der Waals surface area contributed by atoms with Gasteiger partial charge in [-0.1, -0.05) is 74.9 Å². The first-order valence-electron chi connectivity index (χ1n) is 13.0. The van der Waals surface area contributed by atoms with Gasteiger partial charge in [-0.05, 0) is 92.4 Å². The summed E-state index contributed by atoms with van der Waals surface area (Å²) in [6.07, 6.45) is 22.8. The fraction of sp³-hybridized carbons (Fsp3) is 0.724. The summed E-state index contributed by atoms with van der Waals surface area (Å²) in [6.45, 7) is 4.17. The van der Waals surface area contributed by atoms with E-state index >= 15 is 0 Å². The van der Waals surface area contributed by atoms with Crippen LogP contribution in [0.3, 0.4) is 0 Å². The molecule has 0 heterocycles. The van der Waals surface area contributed by atoms with E-state index in [0.717, 1.165) is 35.5 Å². The first-order valence-corrected chi connectivity index (χ1v) is 13.0. The van der Waals surface area contributed by atoms with E-state index < -0.39 is 0 Å². The molecule has 29 heavy (non-hydrogen) atoms. The van der Waals surface area contributed by atoms with Crippen molar-refractivity contribution in [3.8, 4) is 0 Å². The Morgan fingerprint density at radius 2 is 1.24 bits per heavy atom. The summed E-state index contributed by atoms with van der Waals surface area (Å²) in [7, 11) is 0. The molecule has 1 unspecified atom stereocenters. The summed E-state index contributed by atoms with van der Waals surface area (Å²) in [5.74, 6) is 5.94. The normalized spacial score (nSPS) is 36.9. The maximum Gasteiger partial charge on any atom is 0.00179 e. The third-order valence-electron chi connectivity index (χ3n) is 9.97. The van der Waals surface area contributed by atoms with Crippen molar-refractivity contribution < 1.29 is 0 Å². The molecule has 6 atom stereocenters. The van der Waals surface area contributed by atoms with Gasteiger partial charge in [0, 0.05) is 5.41 Å². The highest BCUT2D eigenvalue weighted by molar-refractivity contribution is 5.31. The minimum absolute atomic E-state index is 0.406. The smallest absolute Gasteiger partial charge is 0.00179 e. The van der Waals surface area contributed by atoms with Gasteiger partial charge in [-0.15, -0.1) is 6.58 Å². The van der Waals surface area contributed by atoms with Gasteiger partial charge in [0.05, 0.1) is 0 Å². The molecule has 4 aliphatic rings. The molecule has 0 aromatic heterocycles. The number of rotatable bonds is 6. The Morgan fingerprint density at radius 1 is 0.724 bits per heavy atom. The summed E-state index contributed by atoms with van der Waals surface area (Å²) in [4.78, 5) is 0. The Kier molecular flexibility index (Phi) is 5.90. The highest BCUT2D eigenvalue weighted by atomic mass is 14.6. The van der Waals surface area contributed by atoms with Crippen molar-refractivity contribution in [1.82, 2.24) is 0 Å². The predicted octanol–water partition coefficient (Wildman–Crippen LogP) is 8.32. The molecule has 5 rings (SSSR count).